The molecule has 1 amide bonds. The average Bonchev–Trinajstić information content (AvgIpc) is 3.42. The van der Waals surface area contributed by atoms with Gasteiger partial charge in [0.05, 0.1) is 25.4 Å². The monoisotopic (exact) mass is 1080 g/mol. The number of carbonyl (C=O) groups is 2. The molecule has 8 atom stereocenters. The van der Waals surface area contributed by atoms with Crippen LogP contribution in [0.3, 0.4) is 0 Å². The van der Waals surface area contributed by atoms with Crippen LogP contribution in [-0.2, 0) is 23.8 Å². The molecule has 1 aliphatic heterocycles. The van der Waals surface area contributed by atoms with E-state index in [-0.39, 0.29) is 13.0 Å². The van der Waals surface area contributed by atoms with E-state index < -0.39 is 67.4 Å². The molecule has 1 fully saturated rings. The van der Waals surface area contributed by atoms with Crippen molar-refractivity contribution in [1.29, 1.82) is 0 Å². The number of carbonyl (C=O) groups excluding carboxylic acids is 2. The molecule has 8 unspecified atom stereocenters. The maximum Gasteiger partial charge on any atom is 0.306 e. The predicted molar refractivity (Wildman–Crippen MR) is 315 cm³/mol. The summed E-state index contributed by atoms with van der Waals surface area (Å²) in [5, 5.41) is 57.0. The second-order valence-corrected chi connectivity index (χ2v) is 22.9. The molecule has 11 nitrogen and oxygen atoms in total. The maximum absolute atomic E-state index is 13.4. The first-order valence-electron chi connectivity index (χ1n) is 32.6. The van der Waals surface area contributed by atoms with E-state index in [1.165, 1.54) is 205 Å². The summed E-state index contributed by atoms with van der Waals surface area (Å²) in [4.78, 5) is 26.5. The number of hydrogen-bond acceptors (Lipinski definition) is 10. The Morgan fingerprint density at radius 3 is 1.28 bits per heavy atom. The van der Waals surface area contributed by atoms with Crippen LogP contribution in [0.5, 0.6) is 0 Å². The lowest BCUT2D eigenvalue weighted by Crippen LogP contribution is -2.61. The molecule has 0 spiro atoms. The van der Waals surface area contributed by atoms with Crippen molar-refractivity contribution in [2.45, 2.75) is 365 Å². The van der Waals surface area contributed by atoms with E-state index in [1.54, 1.807) is 6.08 Å². The molecule has 1 aliphatic rings. The molecule has 0 aromatic carbocycles. The molecule has 0 aromatic rings. The fourth-order valence-electron chi connectivity index (χ4n) is 10.4. The summed E-state index contributed by atoms with van der Waals surface area (Å²) < 4.78 is 17.6. The number of rotatable bonds is 56. The van der Waals surface area contributed by atoms with Crippen molar-refractivity contribution in [1.82, 2.24) is 5.32 Å². The SMILES string of the molecule is CCCCCCCCC/C=C\CCCCCC(=O)OC1C(OCC(NC(=O)C(O)CCCCCCCCCCCCCCCCCCCCCCCC)C(O)/C=C/CCCCCCCCCCC)OC(CO)C(O)C1O. The predicted octanol–water partition coefficient (Wildman–Crippen LogP) is 15.7. The summed E-state index contributed by atoms with van der Waals surface area (Å²) in [5.74, 6) is -1.20. The number of aliphatic hydroxyl groups excluding tert-OH is 5. The van der Waals surface area contributed by atoms with E-state index in [0.29, 0.717) is 19.3 Å². The summed E-state index contributed by atoms with van der Waals surface area (Å²) in [5.41, 5.74) is 0. The second-order valence-electron chi connectivity index (χ2n) is 22.9. The van der Waals surface area contributed by atoms with Gasteiger partial charge in [0.1, 0.15) is 24.4 Å². The van der Waals surface area contributed by atoms with Gasteiger partial charge in [-0.25, -0.2) is 0 Å². The van der Waals surface area contributed by atoms with Gasteiger partial charge in [-0.3, -0.25) is 9.59 Å². The molecular formula is C65H123NO10. The van der Waals surface area contributed by atoms with Gasteiger partial charge in [-0.2, -0.15) is 0 Å². The average molecular weight is 1080 g/mol. The Balaban J connectivity index is 2.60. The number of unbranched alkanes of at least 4 members (excludes halogenated alkanes) is 40. The highest BCUT2D eigenvalue weighted by Crippen LogP contribution is 2.26. The van der Waals surface area contributed by atoms with E-state index in [1.807, 2.05) is 6.08 Å². The van der Waals surface area contributed by atoms with Gasteiger partial charge in [0.2, 0.25) is 5.91 Å². The first-order valence-corrected chi connectivity index (χ1v) is 32.6. The van der Waals surface area contributed by atoms with Crippen LogP contribution in [0, 0.1) is 0 Å². The van der Waals surface area contributed by atoms with Crippen LogP contribution in [0.4, 0.5) is 0 Å². The zero-order chi connectivity index (χ0) is 55.4. The van der Waals surface area contributed by atoms with Gasteiger partial charge in [-0.1, -0.05) is 283 Å². The number of aliphatic hydroxyl groups is 5. The van der Waals surface area contributed by atoms with Crippen LogP contribution in [0.1, 0.15) is 316 Å². The number of allylic oxidation sites excluding steroid dienone is 3. The first-order chi connectivity index (χ1) is 37.2. The second kappa shape index (κ2) is 53.8. The Kier molecular flexibility index (Phi) is 51.0. The third kappa shape index (κ3) is 41.2. The Morgan fingerprint density at radius 1 is 0.500 bits per heavy atom. The van der Waals surface area contributed by atoms with E-state index in [9.17, 15) is 35.1 Å². The van der Waals surface area contributed by atoms with Crippen molar-refractivity contribution in [3.05, 3.63) is 24.3 Å². The molecule has 0 bridgehead atoms. The molecule has 1 rings (SSSR count). The maximum atomic E-state index is 13.4. The van der Waals surface area contributed by atoms with Crippen molar-refractivity contribution in [2.24, 2.45) is 0 Å². The molecule has 0 aromatic heterocycles. The van der Waals surface area contributed by atoms with Crippen molar-refractivity contribution < 1.29 is 49.3 Å². The van der Waals surface area contributed by atoms with Crippen LogP contribution >= 0.6 is 0 Å². The number of nitrogens with one attached hydrogen (secondary N) is 1. The normalized spacial score (nSPS) is 19.2. The molecule has 0 radical (unpaired) electrons. The van der Waals surface area contributed by atoms with Crippen LogP contribution in [0.2, 0.25) is 0 Å². The summed E-state index contributed by atoms with van der Waals surface area (Å²) >= 11 is 0. The minimum absolute atomic E-state index is 0.107. The molecule has 1 heterocycles. The highest BCUT2D eigenvalue weighted by atomic mass is 16.7. The van der Waals surface area contributed by atoms with E-state index >= 15 is 0 Å². The summed E-state index contributed by atoms with van der Waals surface area (Å²) in [6.45, 7) is 5.80. The third-order valence-corrected chi connectivity index (χ3v) is 15.6. The van der Waals surface area contributed by atoms with Crippen LogP contribution in [0.15, 0.2) is 24.3 Å². The smallest absolute Gasteiger partial charge is 0.306 e. The Labute approximate surface area is 467 Å². The number of esters is 1. The lowest BCUT2D eigenvalue weighted by molar-refractivity contribution is -0.305. The van der Waals surface area contributed by atoms with Crippen molar-refractivity contribution in [3.8, 4) is 0 Å². The van der Waals surface area contributed by atoms with Gasteiger partial charge in [0, 0.05) is 6.42 Å². The topological polar surface area (TPSA) is 175 Å². The van der Waals surface area contributed by atoms with Crippen LogP contribution in [0.25, 0.3) is 0 Å². The molecule has 1 saturated heterocycles. The largest absolute Gasteiger partial charge is 0.454 e. The molecule has 448 valence electrons. The van der Waals surface area contributed by atoms with Gasteiger partial charge >= 0.3 is 5.97 Å². The lowest BCUT2D eigenvalue weighted by atomic mass is 9.99. The standard InChI is InChI=1S/C65H123NO10/c1-4-7-10-13-16-19-22-24-26-27-28-29-30-31-32-33-34-37-40-43-46-49-52-58(69)64(73)66-56(57(68)51-48-45-42-39-36-21-18-15-12-9-6-3)55-74-65-63(62(72)61(71)59(54-67)75-65)76-60(70)53-50-47-44-41-38-35-25-23-20-17-14-11-8-5-2/h35,38,48,51,56-59,61-63,65,67-69,71-72H,4-34,36-37,39-47,49-50,52-55H2,1-3H3,(H,66,73)/b38-35-,51-48+. The zero-order valence-electron chi connectivity index (χ0n) is 49.6. The minimum Gasteiger partial charge on any atom is -0.454 e. The molecule has 0 saturated carbocycles. The molecule has 0 aliphatic carbocycles. The van der Waals surface area contributed by atoms with Crippen LogP contribution in [-0.4, -0.2) is 99.6 Å². The zero-order valence-corrected chi connectivity index (χ0v) is 49.6. The van der Waals surface area contributed by atoms with Gasteiger partial charge in [-0.05, 0) is 51.4 Å². The van der Waals surface area contributed by atoms with E-state index in [0.717, 1.165) is 64.2 Å². The summed E-state index contributed by atoms with van der Waals surface area (Å²) in [6.07, 6.45) is 52.3. The fraction of sp³-hybridized carbons (Fsp3) is 0.908. The van der Waals surface area contributed by atoms with Crippen LogP contribution < -0.4 is 5.32 Å². The van der Waals surface area contributed by atoms with Crippen molar-refractivity contribution in [3.63, 3.8) is 0 Å². The highest BCUT2D eigenvalue weighted by Gasteiger charge is 2.47. The van der Waals surface area contributed by atoms with Gasteiger partial charge in [0.15, 0.2) is 12.4 Å². The molecule has 11 heteroatoms. The molecule has 6 N–H and O–H groups in total. The van der Waals surface area contributed by atoms with Gasteiger partial charge < -0.3 is 45.1 Å². The molecular weight excluding hydrogens is 955 g/mol. The fourth-order valence-corrected chi connectivity index (χ4v) is 10.4. The summed E-state index contributed by atoms with van der Waals surface area (Å²) in [6, 6.07) is -1.02. The van der Waals surface area contributed by atoms with Gasteiger partial charge in [0.25, 0.3) is 0 Å². The minimum atomic E-state index is -1.61. The number of ether oxygens (including phenoxy) is 3. The number of amides is 1. The number of hydrogen-bond donors (Lipinski definition) is 6. The first kappa shape index (κ1) is 72.2. The Morgan fingerprint density at radius 2 is 0.868 bits per heavy atom. The molecule has 76 heavy (non-hydrogen) atoms. The van der Waals surface area contributed by atoms with Crippen molar-refractivity contribution >= 4 is 11.9 Å². The van der Waals surface area contributed by atoms with Gasteiger partial charge in [-0.15, -0.1) is 0 Å². The van der Waals surface area contributed by atoms with E-state index in [2.05, 4.69) is 38.2 Å². The Hall–Kier alpha value is -1.86. The van der Waals surface area contributed by atoms with E-state index in [4.69, 9.17) is 14.2 Å². The van der Waals surface area contributed by atoms with Crippen molar-refractivity contribution in [2.75, 3.05) is 13.2 Å². The Bertz CT molecular complexity index is 1330. The quantitative estimate of drug-likeness (QED) is 0.0195. The summed E-state index contributed by atoms with van der Waals surface area (Å²) in [7, 11) is 0. The third-order valence-electron chi connectivity index (χ3n) is 15.6. The highest BCUT2D eigenvalue weighted by molar-refractivity contribution is 5.80. The lowest BCUT2D eigenvalue weighted by Gasteiger charge is -2.41.